The number of allylic oxidation sites excluding steroid dienone is 1. The quantitative estimate of drug-likeness (QED) is 0.571. The molecule has 1 aromatic carbocycles. The van der Waals surface area contributed by atoms with Crippen molar-refractivity contribution in [2.75, 3.05) is 0 Å². The highest BCUT2D eigenvalue weighted by Gasteiger charge is 2.01. The van der Waals surface area contributed by atoms with Crippen LogP contribution in [0.3, 0.4) is 0 Å². The molecule has 0 bridgehead atoms. The van der Waals surface area contributed by atoms with Crippen LogP contribution in [0.4, 0.5) is 0 Å². The van der Waals surface area contributed by atoms with E-state index in [4.69, 9.17) is 0 Å². The van der Waals surface area contributed by atoms with Gasteiger partial charge in [0.15, 0.2) is 0 Å². The van der Waals surface area contributed by atoms with Crippen LogP contribution in [0.2, 0.25) is 0 Å². The van der Waals surface area contributed by atoms with Crippen molar-refractivity contribution in [1.29, 1.82) is 0 Å². The number of hydrogen-bond acceptors (Lipinski definition) is 0. The van der Waals surface area contributed by atoms with Crippen molar-refractivity contribution in [3.63, 3.8) is 0 Å². The van der Waals surface area contributed by atoms with Crippen molar-refractivity contribution in [1.82, 2.24) is 0 Å². The predicted octanol–water partition coefficient (Wildman–Crippen LogP) is 6.20. The van der Waals surface area contributed by atoms with Crippen LogP contribution >= 0.6 is 0 Å². The molecule has 0 amide bonds. The van der Waals surface area contributed by atoms with E-state index in [9.17, 15) is 0 Å². The number of hydrogen-bond donors (Lipinski definition) is 0. The summed E-state index contributed by atoms with van der Waals surface area (Å²) in [4.78, 5) is 0. The van der Waals surface area contributed by atoms with Gasteiger partial charge in [-0.05, 0) is 43.4 Å². The molecule has 0 fully saturated rings. The molecule has 0 aliphatic rings. The van der Waals surface area contributed by atoms with Crippen LogP contribution in [-0.4, -0.2) is 0 Å². The van der Waals surface area contributed by atoms with Gasteiger partial charge in [-0.3, -0.25) is 0 Å². The van der Waals surface area contributed by atoms with Gasteiger partial charge in [-0.15, -0.1) is 0 Å². The van der Waals surface area contributed by atoms with Crippen molar-refractivity contribution in [2.45, 2.75) is 61.8 Å². The molecular formula is C17H30. The number of rotatable bonds is 2. The molecule has 0 saturated heterocycles. The summed E-state index contributed by atoms with van der Waals surface area (Å²) in [6, 6.07) is 6.74. The lowest BCUT2D eigenvalue weighted by atomic mass is 9.97. The smallest absolute Gasteiger partial charge is 0.0219 e. The van der Waals surface area contributed by atoms with Crippen molar-refractivity contribution < 1.29 is 0 Å². The van der Waals surface area contributed by atoms with E-state index >= 15 is 0 Å². The molecule has 1 rings (SSSR count). The van der Waals surface area contributed by atoms with Crippen LogP contribution < -0.4 is 0 Å². The summed E-state index contributed by atoms with van der Waals surface area (Å²) in [6.07, 6.45) is 2.25. The maximum absolute atomic E-state index is 2.30. The second-order valence-electron chi connectivity index (χ2n) is 4.49. The highest BCUT2D eigenvalue weighted by Crippen LogP contribution is 2.20. The molecule has 0 saturated carbocycles. The van der Waals surface area contributed by atoms with E-state index in [1.807, 2.05) is 13.8 Å². The van der Waals surface area contributed by atoms with Gasteiger partial charge in [-0.25, -0.2) is 0 Å². The molecule has 98 valence electrons. The van der Waals surface area contributed by atoms with Gasteiger partial charge in [0.05, 0.1) is 0 Å². The molecule has 17 heavy (non-hydrogen) atoms. The third-order valence-corrected chi connectivity index (χ3v) is 2.41. The van der Waals surface area contributed by atoms with Crippen LogP contribution in [-0.2, 0) is 0 Å². The molecule has 0 N–H and O–H groups in total. The summed E-state index contributed by atoms with van der Waals surface area (Å²) < 4.78 is 0. The standard InChI is InChI=1S/C14H20.C2H6.CH4/c1-10(2)8-14-9-13(11(3)4)7-6-12(14)5;1-2;/h6-9,11H,1-5H3;1-2H3;1H4. The molecule has 0 aliphatic carbocycles. The normalized spacial score (nSPS) is 8.94. The Kier molecular flexibility index (Phi) is 9.74. The first kappa shape index (κ1) is 18.3. The summed E-state index contributed by atoms with van der Waals surface area (Å²) in [5.74, 6) is 0.611. The molecule has 0 atom stereocenters. The van der Waals surface area contributed by atoms with Crippen LogP contribution in [0, 0.1) is 6.92 Å². The molecule has 1 aromatic rings. The lowest BCUT2D eigenvalue weighted by Crippen LogP contribution is -1.90. The van der Waals surface area contributed by atoms with Gasteiger partial charge in [0.25, 0.3) is 0 Å². The summed E-state index contributed by atoms with van der Waals surface area (Å²) in [7, 11) is 0. The van der Waals surface area contributed by atoms with Gasteiger partial charge in [0.1, 0.15) is 0 Å². The van der Waals surface area contributed by atoms with Crippen LogP contribution in [0.5, 0.6) is 0 Å². The van der Waals surface area contributed by atoms with E-state index in [-0.39, 0.29) is 7.43 Å². The minimum absolute atomic E-state index is 0. The lowest BCUT2D eigenvalue weighted by molar-refractivity contribution is 0.865. The Balaban J connectivity index is 0. The Bertz CT molecular complexity index is 339. The monoisotopic (exact) mass is 234 g/mol. The Morgan fingerprint density at radius 2 is 1.65 bits per heavy atom. The molecular weight excluding hydrogens is 204 g/mol. The lowest BCUT2D eigenvalue weighted by Gasteiger charge is -2.09. The number of benzene rings is 1. The Morgan fingerprint density at radius 1 is 1.12 bits per heavy atom. The largest absolute Gasteiger partial charge is 0.0776 e. The molecule has 0 heteroatoms. The van der Waals surface area contributed by atoms with Crippen molar-refractivity contribution in [3.8, 4) is 0 Å². The number of aryl methyl sites for hydroxylation is 1. The Hall–Kier alpha value is -1.04. The fourth-order valence-corrected chi connectivity index (χ4v) is 1.48. The van der Waals surface area contributed by atoms with Gasteiger partial charge in [-0.2, -0.15) is 0 Å². The molecule has 0 aliphatic heterocycles. The molecule has 0 aromatic heterocycles. The van der Waals surface area contributed by atoms with Gasteiger partial charge in [0, 0.05) is 0 Å². The zero-order chi connectivity index (χ0) is 12.7. The van der Waals surface area contributed by atoms with Crippen molar-refractivity contribution in [3.05, 3.63) is 40.5 Å². The summed E-state index contributed by atoms with van der Waals surface area (Å²) in [5.41, 5.74) is 5.49. The molecule has 0 unspecified atom stereocenters. The molecule has 0 radical (unpaired) electrons. The maximum atomic E-state index is 2.30. The van der Waals surface area contributed by atoms with Gasteiger partial charge >= 0.3 is 0 Å². The highest BCUT2D eigenvalue weighted by molar-refractivity contribution is 5.57. The van der Waals surface area contributed by atoms with Gasteiger partial charge in [-0.1, -0.05) is 65.0 Å². The van der Waals surface area contributed by atoms with Crippen molar-refractivity contribution >= 4 is 6.08 Å². The predicted molar refractivity (Wildman–Crippen MR) is 82.7 cm³/mol. The average molecular weight is 234 g/mol. The van der Waals surface area contributed by atoms with E-state index in [0.29, 0.717) is 5.92 Å². The first-order chi connectivity index (χ1) is 7.50. The summed E-state index contributed by atoms with van der Waals surface area (Å²) in [5, 5.41) is 0. The Morgan fingerprint density at radius 3 is 2.06 bits per heavy atom. The minimum atomic E-state index is 0. The summed E-state index contributed by atoms with van der Waals surface area (Å²) >= 11 is 0. The maximum Gasteiger partial charge on any atom is -0.0219 e. The zero-order valence-electron chi connectivity index (χ0n) is 11.9. The molecule has 0 heterocycles. The molecule has 0 nitrogen and oxygen atoms in total. The second kappa shape index (κ2) is 9.04. The summed E-state index contributed by atoms with van der Waals surface area (Å²) in [6.45, 7) is 14.9. The third-order valence-electron chi connectivity index (χ3n) is 2.41. The molecule has 0 spiro atoms. The van der Waals surface area contributed by atoms with Gasteiger partial charge in [0.2, 0.25) is 0 Å². The van der Waals surface area contributed by atoms with E-state index in [1.165, 1.54) is 22.3 Å². The third kappa shape index (κ3) is 6.31. The SMILES string of the molecule is C.CC.CC(C)=Cc1cc(C(C)C)ccc1C. The van der Waals surface area contributed by atoms with E-state index in [2.05, 4.69) is 58.9 Å². The fourth-order valence-electron chi connectivity index (χ4n) is 1.48. The van der Waals surface area contributed by atoms with E-state index in [1.54, 1.807) is 0 Å². The zero-order valence-corrected chi connectivity index (χ0v) is 11.9. The second-order valence-corrected chi connectivity index (χ2v) is 4.49. The van der Waals surface area contributed by atoms with E-state index in [0.717, 1.165) is 0 Å². The van der Waals surface area contributed by atoms with Gasteiger partial charge < -0.3 is 0 Å². The fraction of sp³-hybridized carbons (Fsp3) is 0.529. The first-order valence-corrected chi connectivity index (χ1v) is 6.26. The minimum Gasteiger partial charge on any atom is -0.0776 e. The van der Waals surface area contributed by atoms with Crippen molar-refractivity contribution in [2.24, 2.45) is 0 Å². The average Bonchev–Trinajstić information content (AvgIpc) is 2.23. The van der Waals surface area contributed by atoms with Crippen LogP contribution in [0.15, 0.2) is 23.8 Å². The first-order valence-electron chi connectivity index (χ1n) is 6.26. The Labute approximate surface area is 109 Å². The van der Waals surface area contributed by atoms with E-state index < -0.39 is 0 Å². The van der Waals surface area contributed by atoms with Crippen LogP contribution in [0.1, 0.15) is 71.6 Å². The highest BCUT2D eigenvalue weighted by atomic mass is 14.1. The topological polar surface area (TPSA) is 0 Å². The van der Waals surface area contributed by atoms with Crippen LogP contribution in [0.25, 0.3) is 6.08 Å².